The van der Waals surface area contributed by atoms with E-state index in [1.165, 1.54) is 4.57 Å². The van der Waals surface area contributed by atoms with Crippen molar-refractivity contribution in [2.24, 2.45) is 0 Å². The fourth-order valence-corrected chi connectivity index (χ4v) is 3.15. The highest BCUT2D eigenvalue weighted by atomic mass is 35.5. The van der Waals surface area contributed by atoms with E-state index in [-0.39, 0.29) is 12.1 Å². The van der Waals surface area contributed by atoms with E-state index in [1.807, 2.05) is 4.40 Å². The highest BCUT2D eigenvalue weighted by molar-refractivity contribution is 6.42. The molecule has 0 unspecified atom stereocenters. The number of nitrogens with zero attached hydrogens (tertiary/aromatic N) is 3. The molecule has 0 N–H and O–H groups in total. The van der Waals surface area contributed by atoms with E-state index in [0.717, 1.165) is 24.2 Å². The summed E-state index contributed by atoms with van der Waals surface area (Å²) in [5, 5.41) is 0.858. The predicted octanol–water partition coefficient (Wildman–Crippen LogP) is 3.55. The van der Waals surface area contributed by atoms with Gasteiger partial charge in [-0.05, 0) is 25.0 Å². The van der Waals surface area contributed by atoms with Gasteiger partial charge < -0.3 is 9.36 Å². The Morgan fingerprint density at radius 1 is 1.21 bits per heavy atom. The van der Waals surface area contributed by atoms with Gasteiger partial charge in [0.1, 0.15) is 23.3 Å². The van der Waals surface area contributed by atoms with Crippen molar-refractivity contribution in [3.8, 4) is 11.3 Å². The molecular weight excluding hydrogens is 349 g/mol. The number of fused-ring (bicyclic) bond motifs is 1. The maximum atomic E-state index is 12.8. The van der Waals surface area contributed by atoms with E-state index in [9.17, 15) is 9.59 Å². The number of aldehydes is 1. The molecule has 3 aromatic rings. The topological polar surface area (TPSA) is 56.4 Å². The Labute approximate surface area is 147 Å². The normalized spacial score (nSPS) is 14.2. The molecule has 0 spiro atoms. The van der Waals surface area contributed by atoms with Crippen molar-refractivity contribution in [2.45, 2.75) is 25.3 Å². The van der Waals surface area contributed by atoms with Crippen molar-refractivity contribution in [2.75, 3.05) is 0 Å². The Bertz CT molecular complexity index is 1020. The molecule has 24 heavy (non-hydrogen) atoms. The minimum Gasteiger partial charge on any atom is -0.305 e. The average molecular weight is 362 g/mol. The monoisotopic (exact) mass is 361 g/mol. The molecule has 1 aromatic carbocycles. The molecule has 0 radical (unpaired) electrons. The van der Waals surface area contributed by atoms with Crippen molar-refractivity contribution in [3.63, 3.8) is 0 Å². The van der Waals surface area contributed by atoms with Gasteiger partial charge in [-0.2, -0.15) is 0 Å². The second-order valence-corrected chi connectivity index (χ2v) is 6.68. The van der Waals surface area contributed by atoms with Crippen molar-refractivity contribution in [1.29, 1.82) is 0 Å². The number of benzene rings is 1. The number of hydrogen-bond donors (Lipinski definition) is 0. The molecule has 2 aromatic heterocycles. The van der Waals surface area contributed by atoms with E-state index in [2.05, 4.69) is 0 Å². The first-order valence-electron chi connectivity index (χ1n) is 7.60. The van der Waals surface area contributed by atoms with E-state index in [0.29, 0.717) is 33.5 Å². The largest absolute Gasteiger partial charge is 0.305 e. The smallest absolute Gasteiger partial charge is 0.277 e. The van der Waals surface area contributed by atoms with Crippen molar-refractivity contribution < 1.29 is 4.79 Å². The lowest BCUT2D eigenvalue weighted by atomic mass is 10.1. The highest BCUT2D eigenvalue weighted by Gasteiger charge is 2.30. The molecule has 0 bridgehead atoms. The van der Waals surface area contributed by atoms with Gasteiger partial charge in [0.05, 0.1) is 16.6 Å². The molecule has 5 nitrogen and oxygen atoms in total. The quantitative estimate of drug-likeness (QED) is 0.667. The lowest BCUT2D eigenvalue weighted by Crippen LogP contribution is -2.22. The van der Waals surface area contributed by atoms with Crippen LogP contribution in [0, 0.1) is 0 Å². The molecule has 122 valence electrons. The van der Waals surface area contributed by atoms with Crippen LogP contribution in [0.2, 0.25) is 10.0 Å². The van der Waals surface area contributed by atoms with E-state index < -0.39 is 0 Å². The van der Waals surface area contributed by atoms with Crippen LogP contribution in [0.25, 0.3) is 16.8 Å². The molecule has 0 aliphatic heterocycles. The number of hydrogen-bond acceptors (Lipinski definition) is 3. The Balaban J connectivity index is 2.02. The maximum absolute atomic E-state index is 12.8. The Morgan fingerprint density at radius 3 is 2.67 bits per heavy atom. The van der Waals surface area contributed by atoms with Gasteiger partial charge in [0.15, 0.2) is 0 Å². The molecule has 1 aliphatic carbocycles. The Kier molecular flexibility index (Phi) is 3.70. The molecule has 1 fully saturated rings. The zero-order valence-corrected chi connectivity index (χ0v) is 14.1. The summed E-state index contributed by atoms with van der Waals surface area (Å²) in [5.74, 6) is 1.25. The zero-order chi connectivity index (χ0) is 16.8. The number of halogens is 2. The summed E-state index contributed by atoms with van der Waals surface area (Å²) < 4.78 is 3.21. The van der Waals surface area contributed by atoms with Gasteiger partial charge in [0.2, 0.25) is 0 Å². The molecule has 1 saturated carbocycles. The summed E-state index contributed by atoms with van der Waals surface area (Å²) >= 11 is 12.1. The van der Waals surface area contributed by atoms with Crippen molar-refractivity contribution >= 4 is 35.0 Å². The van der Waals surface area contributed by atoms with Crippen LogP contribution < -0.4 is 5.56 Å². The van der Waals surface area contributed by atoms with Crippen LogP contribution in [0.4, 0.5) is 0 Å². The summed E-state index contributed by atoms with van der Waals surface area (Å²) in [6.45, 7) is 0.0140. The molecule has 1 aliphatic rings. The lowest BCUT2D eigenvalue weighted by Gasteiger charge is -2.05. The molecule has 0 amide bonds. The van der Waals surface area contributed by atoms with Crippen LogP contribution in [-0.2, 0) is 11.3 Å². The number of imidazole rings is 1. The minimum atomic E-state index is -0.245. The second-order valence-electron chi connectivity index (χ2n) is 5.86. The minimum absolute atomic E-state index is 0.0140. The molecule has 2 heterocycles. The highest BCUT2D eigenvalue weighted by Crippen LogP contribution is 2.41. The summed E-state index contributed by atoms with van der Waals surface area (Å²) in [6, 6.07) is 5.19. The molecule has 7 heteroatoms. The van der Waals surface area contributed by atoms with Gasteiger partial charge in [0.25, 0.3) is 5.56 Å². The first-order chi connectivity index (χ1) is 11.6. The van der Waals surface area contributed by atoms with Crippen LogP contribution in [-0.4, -0.2) is 20.2 Å². The Morgan fingerprint density at radius 2 is 2.00 bits per heavy atom. The predicted molar refractivity (Wildman–Crippen MR) is 92.9 cm³/mol. The summed E-state index contributed by atoms with van der Waals surface area (Å²) in [4.78, 5) is 28.3. The maximum Gasteiger partial charge on any atom is 0.277 e. The van der Waals surface area contributed by atoms with Crippen LogP contribution in [0.1, 0.15) is 24.6 Å². The fourth-order valence-electron chi connectivity index (χ4n) is 2.85. The SMILES string of the molecule is O=CCn1ccn2c(C3CC3)nc(-c3ccc(Cl)c(Cl)c3)c2c1=O. The lowest BCUT2D eigenvalue weighted by molar-refractivity contribution is -0.108. The van der Waals surface area contributed by atoms with Crippen LogP contribution in [0.15, 0.2) is 35.4 Å². The third kappa shape index (κ3) is 2.44. The molecule has 4 rings (SSSR count). The van der Waals surface area contributed by atoms with Crippen LogP contribution in [0.3, 0.4) is 0 Å². The van der Waals surface area contributed by atoms with Crippen molar-refractivity contribution in [1.82, 2.24) is 14.0 Å². The van der Waals surface area contributed by atoms with E-state index >= 15 is 0 Å². The number of rotatable bonds is 4. The van der Waals surface area contributed by atoms with E-state index in [4.69, 9.17) is 28.2 Å². The third-order valence-corrected chi connectivity index (χ3v) is 4.94. The number of carbonyl (C=O) groups is 1. The summed E-state index contributed by atoms with van der Waals surface area (Å²) in [7, 11) is 0. The average Bonchev–Trinajstić information content (AvgIpc) is 3.33. The van der Waals surface area contributed by atoms with Gasteiger partial charge >= 0.3 is 0 Å². The summed E-state index contributed by atoms with van der Waals surface area (Å²) in [5.41, 5.74) is 1.51. The standard InChI is InChI=1S/C17H13Cl2N3O2/c18-12-4-3-11(9-13(12)19)14-15-17(24)21(7-8-23)5-6-22(15)16(20-14)10-1-2-10/h3-6,8-10H,1-2,7H2. The van der Waals surface area contributed by atoms with Crippen LogP contribution >= 0.6 is 23.2 Å². The van der Waals surface area contributed by atoms with Gasteiger partial charge in [-0.3, -0.25) is 9.20 Å². The van der Waals surface area contributed by atoms with E-state index in [1.54, 1.807) is 30.6 Å². The first kappa shape index (κ1) is 15.4. The fraction of sp³-hybridized carbons (Fsp3) is 0.235. The summed E-state index contributed by atoms with van der Waals surface area (Å²) in [6.07, 6.45) is 6.25. The first-order valence-corrected chi connectivity index (χ1v) is 8.36. The van der Waals surface area contributed by atoms with Gasteiger partial charge in [-0.1, -0.05) is 29.3 Å². The third-order valence-electron chi connectivity index (χ3n) is 4.20. The molecular formula is C17H13Cl2N3O2. The van der Waals surface area contributed by atoms with Gasteiger partial charge in [0, 0.05) is 23.9 Å². The molecule has 0 atom stereocenters. The zero-order valence-electron chi connectivity index (χ0n) is 12.6. The Hall–Kier alpha value is -2.11. The number of aromatic nitrogens is 3. The molecule has 0 saturated heterocycles. The second kappa shape index (κ2) is 5.76. The van der Waals surface area contributed by atoms with Gasteiger partial charge in [-0.15, -0.1) is 0 Å². The van der Waals surface area contributed by atoms with Crippen LogP contribution in [0.5, 0.6) is 0 Å². The number of carbonyl (C=O) groups excluding carboxylic acids is 1. The van der Waals surface area contributed by atoms with Gasteiger partial charge in [-0.25, -0.2) is 4.98 Å². The van der Waals surface area contributed by atoms with Crippen molar-refractivity contribution in [3.05, 3.63) is 56.8 Å².